The fraction of sp³-hybridized carbons (Fsp3) is 0.800. The normalized spacial score (nSPS) is 36.2. The van der Waals surface area contributed by atoms with Crippen LogP contribution in [0.3, 0.4) is 0 Å². The maximum Gasteiger partial charge on any atom is 0.106 e. The van der Waals surface area contributed by atoms with Crippen molar-refractivity contribution in [3.05, 3.63) is 12.2 Å². The molecule has 0 aromatic heterocycles. The van der Waals surface area contributed by atoms with Crippen molar-refractivity contribution in [3.63, 3.8) is 0 Å². The summed E-state index contributed by atoms with van der Waals surface area (Å²) in [4.78, 5) is 0. The molecule has 0 radical (unpaired) electrons. The lowest BCUT2D eigenvalue weighted by molar-refractivity contribution is -0.111. The average Bonchev–Trinajstić information content (AvgIpc) is 2.48. The highest BCUT2D eigenvalue weighted by Gasteiger charge is 2.41. The van der Waals surface area contributed by atoms with Crippen LogP contribution in [0.1, 0.15) is 26.7 Å². The van der Waals surface area contributed by atoms with Crippen LogP contribution in [0.25, 0.3) is 0 Å². The first-order chi connectivity index (χ1) is 5.99. The van der Waals surface area contributed by atoms with Gasteiger partial charge in [-0.1, -0.05) is 12.2 Å². The van der Waals surface area contributed by atoms with Crippen LogP contribution in [-0.2, 0) is 4.74 Å². The lowest BCUT2D eigenvalue weighted by Crippen LogP contribution is -2.41. The molecule has 3 heteroatoms. The molecule has 1 heterocycles. The Balaban J connectivity index is 2.60. The molecule has 0 spiro atoms. The minimum absolute atomic E-state index is 0.0335. The first-order valence-electron chi connectivity index (χ1n) is 4.62. The Morgan fingerprint density at radius 1 is 1.77 bits per heavy atom. The molecule has 1 fully saturated rings. The summed E-state index contributed by atoms with van der Waals surface area (Å²) in [5, 5.41) is 18.3. The van der Waals surface area contributed by atoms with Crippen molar-refractivity contribution in [2.75, 3.05) is 6.61 Å². The molecule has 0 aromatic carbocycles. The summed E-state index contributed by atoms with van der Waals surface area (Å²) < 4.78 is 5.65. The summed E-state index contributed by atoms with van der Waals surface area (Å²) in [6, 6.07) is 0. The molecule has 13 heavy (non-hydrogen) atoms. The molecule has 3 nitrogen and oxygen atoms in total. The molecule has 0 amide bonds. The summed E-state index contributed by atoms with van der Waals surface area (Å²) >= 11 is 0. The van der Waals surface area contributed by atoms with Crippen LogP contribution >= 0.6 is 0 Å². The van der Waals surface area contributed by atoms with E-state index in [1.165, 1.54) is 0 Å². The Morgan fingerprint density at radius 2 is 2.38 bits per heavy atom. The van der Waals surface area contributed by atoms with Crippen LogP contribution in [0.5, 0.6) is 0 Å². The fourth-order valence-electron chi connectivity index (χ4n) is 1.65. The molecule has 0 saturated carbocycles. The standard InChI is InChI=1S/C10H18O3/c1-7(2)8-4-5-10(3,13-8)9(12)6-11/h8-9,11-12H,1,4-6H2,2-3H3/t8-,9-,10+/m1/s1. The van der Waals surface area contributed by atoms with Gasteiger partial charge in [-0.2, -0.15) is 0 Å². The van der Waals surface area contributed by atoms with E-state index in [1.54, 1.807) is 0 Å². The molecule has 1 aliphatic rings. The van der Waals surface area contributed by atoms with Gasteiger partial charge in [-0.15, -0.1) is 0 Å². The highest BCUT2D eigenvalue weighted by atomic mass is 16.5. The third kappa shape index (κ3) is 2.10. The Labute approximate surface area is 79.0 Å². The van der Waals surface area contributed by atoms with Crippen molar-refractivity contribution in [1.29, 1.82) is 0 Å². The Kier molecular flexibility index (Phi) is 3.11. The van der Waals surface area contributed by atoms with Gasteiger partial charge >= 0.3 is 0 Å². The van der Waals surface area contributed by atoms with E-state index in [0.29, 0.717) is 0 Å². The molecular formula is C10H18O3. The van der Waals surface area contributed by atoms with E-state index in [1.807, 2.05) is 13.8 Å². The Morgan fingerprint density at radius 3 is 2.77 bits per heavy atom. The van der Waals surface area contributed by atoms with Crippen molar-refractivity contribution in [2.45, 2.75) is 44.5 Å². The topological polar surface area (TPSA) is 49.7 Å². The van der Waals surface area contributed by atoms with Gasteiger partial charge in [-0.25, -0.2) is 0 Å². The Hall–Kier alpha value is -0.380. The molecule has 1 rings (SSSR count). The van der Waals surface area contributed by atoms with E-state index >= 15 is 0 Å². The SMILES string of the molecule is C=C(C)[C@H]1CC[C@@](C)([C@H](O)CO)O1. The zero-order chi connectivity index (χ0) is 10.1. The summed E-state index contributed by atoms with van der Waals surface area (Å²) in [6.07, 6.45) is 0.887. The molecule has 2 N–H and O–H groups in total. The fourth-order valence-corrected chi connectivity index (χ4v) is 1.65. The van der Waals surface area contributed by atoms with Gasteiger partial charge in [0, 0.05) is 0 Å². The molecule has 0 aromatic rings. The van der Waals surface area contributed by atoms with Crippen molar-refractivity contribution < 1.29 is 14.9 Å². The number of ether oxygens (including phenoxy) is 1. The van der Waals surface area contributed by atoms with Gasteiger partial charge in [0.25, 0.3) is 0 Å². The smallest absolute Gasteiger partial charge is 0.106 e. The third-order valence-electron chi connectivity index (χ3n) is 2.74. The van der Waals surface area contributed by atoms with E-state index < -0.39 is 11.7 Å². The number of aliphatic hydroxyl groups is 2. The molecule has 0 bridgehead atoms. The first-order valence-corrected chi connectivity index (χ1v) is 4.62. The van der Waals surface area contributed by atoms with Crippen LogP contribution < -0.4 is 0 Å². The average molecular weight is 186 g/mol. The second-order valence-corrected chi connectivity index (χ2v) is 4.00. The number of hydrogen-bond acceptors (Lipinski definition) is 3. The Bertz CT molecular complexity index is 202. The predicted molar refractivity (Wildman–Crippen MR) is 50.4 cm³/mol. The first kappa shape index (κ1) is 10.7. The van der Waals surface area contributed by atoms with Crippen molar-refractivity contribution in [1.82, 2.24) is 0 Å². The number of hydrogen-bond donors (Lipinski definition) is 2. The monoisotopic (exact) mass is 186 g/mol. The van der Waals surface area contributed by atoms with E-state index in [-0.39, 0.29) is 12.7 Å². The van der Waals surface area contributed by atoms with E-state index in [0.717, 1.165) is 18.4 Å². The van der Waals surface area contributed by atoms with E-state index in [4.69, 9.17) is 9.84 Å². The zero-order valence-corrected chi connectivity index (χ0v) is 8.29. The lowest BCUT2D eigenvalue weighted by Gasteiger charge is -2.29. The third-order valence-corrected chi connectivity index (χ3v) is 2.74. The second kappa shape index (κ2) is 3.78. The number of aliphatic hydroxyl groups excluding tert-OH is 2. The highest BCUT2D eigenvalue weighted by Crippen LogP contribution is 2.35. The van der Waals surface area contributed by atoms with Crippen molar-refractivity contribution >= 4 is 0 Å². The minimum atomic E-state index is -0.795. The van der Waals surface area contributed by atoms with Crippen LogP contribution in [0.4, 0.5) is 0 Å². The molecule has 1 aliphatic heterocycles. The van der Waals surface area contributed by atoms with E-state index in [2.05, 4.69) is 6.58 Å². The zero-order valence-electron chi connectivity index (χ0n) is 8.29. The quantitative estimate of drug-likeness (QED) is 0.642. The second-order valence-electron chi connectivity index (χ2n) is 4.00. The van der Waals surface area contributed by atoms with Gasteiger partial charge in [0.05, 0.1) is 18.3 Å². The summed E-state index contributed by atoms with van der Waals surface area (Å²) in [5.41, 5.74) is 0.382. The molecule has 0 aliphatic carbocycles. The molecule has 0 unspecified atom stereocenters. The molecular weight excluding hydrogens is 168 g/mol. The van der Waals surface area contributed by atoms with E-state index in [9.17, 15) is 5.11 Å². The van der Waals surface area contributed by atoms with Gasteiger partial charge in [-0.05, 0) is 26.7 Å². The highest BCUT2D eigenvalue weighted by molar-refractivity contribution is 5.04. The molecule has 1 saturated heterocycles. The van der Waals surface area contributed by atoms with Gasteiger partial charge in [0.1, 0.15) is 6.10 Å². The van der Waals surface area contributed by atoms with Crippen LogP contribution in [0, 0.1) is 0 Å². The maximum absolute atomic E-state index is 9.51. The van der Waals surface area contributed by atoms with Gasteiger partial charge < -0.3 is 14.9 Å². The van der Waals surface area contributed by atoms with Gasteiger partial charge in [0.15, 0.2) is 0 Å². The van der Waals surface area contributed by atoms with Gasteiger partial charge in [-0.3, -0.25) is 0 Å². The van der Waals surface area contributed by atoms with Crippen LogP contribution in [0.2, 0.25) is 0 Å². The number of rotatable bonds is 3. The minimum Gasteiger partial charge on any atom is -0.394 e. The van der Waals surface area contributed by atoms with Crippen molar-refractivity contribution in [3.8, 4) is 0 Å². The largest absolute Gasteiger partial charge is 0.394 e. The predicted octanol–water partition coefficient (Wildman–Crippen LogP) is 0.853. The van der Waals surface area contributed by atoms with Gasteiger partial charge in [0.2, 0.25) is 0 Å². The summed E-state index contributed by atoms with van der Waals surface area (Å²) in [6.45, 7) is 7.32. The van der Waals surface area contributed by atoms with Crippen LogP contribution in [0.15, 0.2) is 12.2 Å². The lowest BCUT2D eigenvalue weighted by atomic mass is 9.95. The molecule has 76 valence electrons. The summed E-state index contributed by atoms with van der Waals surface area (Å²) in [5.74, 6) is 0. The molecule has 3 atom stereocenters. The summed E-state index contributed by atoms with van der Waals surface area (Å²) in [7, 11) is 0. The van der Waals surface area contributed by atoms with Crippen LogP contribution in [-0.4, -0.2) is 34.6 Å². The van der Waals surface area contributed by atoms with Crippen molar-refractivity contribution in [2.24, 2.45) is 0 Å². The maximum atomic E-state index is 9.51.